The molecule has 2 aliphatic rings. The maximum atomic E-state index is 4.60. The first kappa shape index (κ1) is 13.0. The summed E-state index contributed by atoms with van der Waals surface area (Å²) in [6.07, 6.45) is 12.1. The molecule has 3 rings (SSSR count). The molecule has 1 aliphatic heterocycles. The predicted octanol–water partition coefficient (Wildman–Crippen LogP) is 2.43. The van der Waals surface area contributed by atoms with E-state index < -0.39 is 0 Å². The Morgan fingerprint density at radius 3 is 2.74 bits per heavy atom. The Balaban J connectivity index is 1.65. The summed E-state index contributed by atoms with van der Waals surface area (Å²) in [5.41, 5.74) is 0. The Morgan fingerprint density at radius 1 is 1.26 bits per heavy atom. The van der Waals surface area contributed by atoms with E-state index in [1.165, 1.54) is 57.6 Å². The fourth-order valence-corrected chi connectivity index (χ4v) is 3.60. The van der Waals surface area contributed by atoms with Crippen molar-refractivity contribution in [3.8, 4) is 0 Å². The molecule has 0 aromatic carbocycles. The second kappa shape index (κ2) is 5.95. The van der Waals surface area contributed by atoms with Gasteiger partial charge in [-0.1, -0.05) is 12.8 Å². The zero-order chi connectivity index (χ0) is 13.1. The van der Waals surface area contributed by atoms with Crippen LogP contribution in [0.15, 0.2) is 12.4 Å². The third kappa shape index (κ3) is 2.94. The van der Waals surface area contributed by atoms with Crippen molar-refractivity contribution in [2.24, 2.45) is 5.92 Å². The molecule has 1 aromatic rings. The van der Waals surface area contributed by atoms with Gasteiger partial charge < -0.3 is 14.8 Å². The lowest BCUT2D eigenvalue weighted by Gasteiger charge is -2.29. The summed E-state index contributed by atoms with van der Waals surface area (Å²) in [6.45, 7) is 3.50. The van der Waals surface area contributed by atoms with Crippen molar-refractivity contribution in [1.82, 2.24) is 14.9 Å². The lowest BCUT2D eigenvalue weighted by Crippen LogP contribution is -2.35. The summed E-state index contributed by atoms with van der Waals surface area (Å²) in [7, 11) is 2.20. The van der Waals surface area contributed by atoms with Crippen LogP contribution in [-0.2, 0) is 0 Å². The third-order valence-corrected chi connectivity index (χ3v) is 4.70. The first-order valence-electron chi connectivity index (χ1n) is 7.79. The Kier molecular flexibility index (Phi) is 4.06. The molecule has 2 heterocycles. The van der Waals surface area contributed by atoms with Gasteiger partial charge >= 0.3 is 0 Å². The highest BCUT2D eigenvalue weighted by Crippen LogP contribution is 2.32. The maximum absolute atomic E-state index is 4.60. The van der Waals surface area contributed by atoms with E-state index in [1.54, 1.807) is 0 Å². The molecule has 4 heteroatoms. The number of nitrogens with one attached hydrogen (secondary N) is 1. The van der Waals surface area contributed by atoms with Crippen LogP contribution in [0.2, 0.25) is 0 Å². The summed E-state index contributed by atoms with van der Waals surface area (Å²) in [4.78, 5) is 6.97. The van der Waals surface area contributed by atoms with E-state index in [0.717, 1.165) is 12.5 Å². The molecule has 1 aromatic heterocycles. The number of nitrogens with zero attached hydrogens (tertiary/aromatic N) is 3. The highest BCUT2D eigenvalue weighted by Gasteiger charge is 2.22. The van der Waals surface area contributed by atoms with Crippen LogP contribution in [0.1, 0.15) is 44.6 Å². The second-order valence-electron chi connectivity index (χ2n) is 6.15. The summed E-state index contributed by atoms with van der Waals surface area (Å²) in [5.74, 6) is 1.99. The molecule has 0 bridgehead atoms. The van der Waals surface area contributed by atoms with Gasteiger partial charge in [-0.15, -0.1) is 0 Å². The van der Waals surface area contributed by atoms with Gasteiger partial charge in [0.25, 0.3) is 0 Å². The van der Waals surface area contributed by atoms with Crippen LogP contribution >= 0.6 is 0 Å². The number of hydrogen-bond donors (Lipinski definition) is 1. The highest BCUT2D eigenvalue weighted by atomic mass is 15.3. The quantitative estimate of drug-likeness (QED) is 0.904. The van der Waals surface area contributed by atoms with Crippen LogP contribution in [0.3, 0.4) is 0 Å². The first-order valence-corrected chi connectivity index (χ1v) is 7.79. The van der Waals surface area contributed by atoms with Crippen molar-refractivity contribution >= 4 is 5.95 Å². The average Bonchev–Trinajstić information content (AvgIpc) is 3.10. The van der Waals surface area contributed by atoms with Crippen LogP contribution in [-0.4, -0.2) is 36.2 Å². The normalized spacial score (nSPS) is 21.9. The smallest absolute Gasteiger partial charge is 0.205 e. The van der Waals surface area contributed by atoms with Crippen LogP contribution < -0.4 is 10.2 Å². The van der Waals surface area contributed by atoms with Crippen LogP contribution in [0.25, 0.3) is 0 Å². The monoisotopic (exact) mass is 262 g/mol. The Morgan fingerprint density at radius 2 is 2.00 bits per heavy atom. The molecule has 106 valence electrons. The van der Waals surface area contributed by atoms with Crippen molar-refractivity contribution in [2.75, 3.05) is 31.6 Å². The summed E-state index contributed by atoms with van der Waals surface area (Å²) in [6, 6.07) is 0.688. The molecule has 1 N–H and O–H groups in total. The lowest BCUT2D eigenvalue weighted by atomic mass is 9.98. The lowest BCUT2D eigenvalue weighted by molar-refractivity contribution is 0.374. The number of imidazole rings is 1. The molecular formula is C15H26N4. The van der Waals surface area contributed by atoms with Gasteiger partial charge in [-0.3, -0.25) is 0 Å². The molecule has 0 spiro atoms. The van der Waals surface area contributed by atoms with E-state index in [-0.39, 0.29) is 0 Å². The van der Waals surface area contributed by atoms with E-state index in [4.69, 9.17) is 0 Å². The minimum atomic E-state index is 0.688. The minimum absolute atomic E-state index is 0.688. The van der Waals surface area contributed by atoms with Gasteiger partial charge in [0, 0.05) is 32.0 Å². The van der Waals surface area contributed by atoms with Crippen molar-refractivity contribution in [2.45, 2.75) is 44.6 Å². The van der Waals surface area contributed by atoms with E-state index in [2.05, 4.69) is 33.0 Å². The third-order valence-electron chi connectivity index (χ3n) is 4.70. The van der Waals surface area contributed by atoms with E-state index in [9.17, 15) is 0 Å². The largest absolute Gasteiger partial charge is 0.345 e. The molecule has 0 radical (unpaired) electrons. The minimum Gasteiger partial charge on any atom is -0.345 e. The van der Waals surface area contributed by atoms with Gasteiger partial charge in [-0.25, -0.2) is 4.98 Å². The molecule has 0 atom stereocenters. The molecule has 2 fully saturated rings. The fraction of sp³-hybridized carbons (Fsp3) is 0.800. The maximum Gasteiger partial charge on any atom is 0.205 e. The zero-order valence-electron chi connectivity index (χ0n) is 12.0. The van der Waals surface area contributed by atoms with Gasteiger partial charge in [0.05, 0.1) is 0 Å². The number of anilines is 1. The molecule has 0 amide bonds. The summed E-state index contributed by atoms with van der Waals surface area (Å²) < 4.78 is 2.41. The molecule has 19 heavy (non-hydrogen) atoms. The molecule has 0 unspecified atom stereocenters. The van der Waals surface area contributed by atoms with Crippen molar-refractivity contribution in [3.05, 3.63) is 12.4 Å². The van der Waals surface area contributed by atoms with Gasteiger partial charge in [-0.05, 0) is 44.7 Å². The highest BCUT2D eigenvalue weighted by molar-refractivity contribution is 5.30. The standard InChI is InChI=1S/C15H26N4/c1-18(12-13-6-8-16-9-7-13)15-17-10-11-19(15)14-4-2-3-5-14/h10-11,13-14,16H,2-9,12H2,1H3. The van der Waals surface area contributed by atoms with E-state index >= 15 is 0 Å². The van der Waals surface area contributed by atoms with Gasteiger partial charge in [0.15, 0.2) is 0 Å². The van der Waals surface area contributed by atoms with Gasteiger partial charge in [0.1, 0.15) is 0 Å². The molecule has 4 nitrogen and oxygen atoms in total. The van der Waals surface area contributed by atoms with Crippen molar-refractivity contribution in [3.63, 3.8) is 0 Å². The van der Waals surface area contributed by atoms with Crippen LogP contribution in [0.4, 0.5) is 5.95 Å². The van der Waals surface area contributed by atoms with Gasteiger partial charge in [-0.2, -0.15) is 0 Å². The number of piperidine rings is 1. The van der Waals surface area contributed by atoms with Crippen LogP contribution in [0.5, 0.6) is 0 Å². The molecular weight excluding hydrogens is 236 g/mol. The van der Waals surface area contributed by atoms with Crippen molar-refractivity contribution < 1.29 is 0 Å². The average molecular weight is 262 g/mol. The number of rotatable bonds is 4. The van der Waals surface area contributed by atoms with Crippen molar-refractivity contribution in [1.29, 1.82) is 0 Å². The Bertz CT molecular complexity index is 389. The zero-order valence-corrected chi connectivity index (χ0v) is 12.0. The topological polar surface area (TPSA) is 33.1 Å². The van der Waals surface area contributed by atoms with E-state index in [1.807, 2.05) is 6.20 Å². The Labute approximate surface area is 116 Å². The predicted molar refractivity (Wildman–Crippen MR) is 78.6 cm³/mol. The molecule has 1 aliphatic carbocycles. The number of hydrogen-bond acceptors (Lipinski definition) is 3. The number of aromatic nitrogens is 2. The second-order valence-corrected chi connectivity index (χ2v) is 6.15. The SMILES string of the molecule is CN(CC1CCNCC1)c1nccn1C1CCCC1. The van der Waals surface area contributed by atoms with Gasteiger partial charge in [0.2, 0.25) is 5.95 Å². The fourth-order valence-electron chi connectivity index (χ4n) is 3.60. The molecule has 1 saturated heterocycles. The van der Waals surface area contributed by atoms with Crippen LogP contribution in [0, 0.1) is 5.92 Å². The van der Waals surface area contributed by atoms with E-state index in [0.29, 0.717) is 6.04 Å². The Hall–Kier alpha value is -1.03. The molecule has 1 saturated carbocycles. The summed E-state index contributed by atoms with van der Waals surface area (Å²) >= 11 is 0. The summed E-state index contributed by atoms with van der Waals surface area (Å²) in [5, 5.41) is 3.44. The first-order chi connectivity index (χ1) is 9.34.